The summed E-state index contributed by atoms with van der Waals surface area (Å²) in [6.45, 7) is 2.48. The summed E-state index contributed by atoms with van der Waals surface area (Å²) in [5.41, 5.74) is 7.03. The first kappa shape index (κ1) is 18.2. The van der Waals surface area contributed by atoms with Crippen molar-refractivity contribution in [2.45, 2.75) is 31.5 Å². The summed E-state index contributed by atoms with van der Waals surface area (Å²) < 4.78 is 19.4. The van der Waals surface area contributed by atoms with Gasteiger partial charge in [-0.05, 0) is 31.2 Å². The first-order valence-corrected chi connectivity index (χ1v) is 9.30. The standard InChI is InChI=1S/C20H22FN5O2/c1-2-28-19(27)26-11-9-20(12-16(26)14-7-3-4-10-23-14)24-15-8-5-6-13(21)17(15)18(22)25-20/h3-8,10,16,24H,2,9,11-12H2,1H3,(H2,22,25). The van der Waals surface area contributed by atoms with Gasteiger partial charge in [-0.25, -0.2) is 14.2 Å². The molecule has 1 saturated heterocycles. The highest BCUT2D eigenvalue weighted by atomic mass is 19.1. The van der Waals surface area contributed by atoms with Crippen molar-refractivity contribution in [1.82, 2.24) is 9.88 Å². The number of fused-ring (bicyclic) bond motifs is 1. The molecule has 2 atom stereocenters. The Bertz CT molecular complexity index is 920. The van der Waals surface area contributed by atoms with E-state index in [2.05, 4.69) is 15.3 Å². The van der Waals surface area contributed by atoms with Crippen molar-refractivity contribution in [3.05, 3.63) is 59.7 Å². The number of rotatable bonds is 2. The summed E-state index contributed by atoms with van der Waals surface area (Å²) in [5, 5.41) is 3.36. The van der Waals surface area contributed by atoms with Gasteiger partial charge in [-0.1, -0.05) is 12.1 Å². The molecule has 3 heterocycles. The zero-order valence-corrected chi connectivity index (χ0v) is 15.6. The number of hydrogen-bond acceptors (Lipinski definition) is 6. The van der Waals surface area contributed by atoms with E-state index in [1.54, 1.807) is 30.2 Å². The number of carbonyl (C=O) groups is 1. The summed E-state index contributed by atoms with van der Waals surface area (Å²) >= 11 is 0. The molecule has 1 spiro atoms. The minimum atomic E-state index is -0.740. The number of halogens is 1. The van der Waals surface area contributed by atoms with E-state index in [1.165, 1.54) is 6.07 Å². The van der Waals surface area contributed by atoms with Crippen molar-refractivity contribution in [2.24, 2.45) is 10.7 Å². The van der Waals surface area contributed by atoms with Crippen molar-refractivity contribution >= 4 is 17.6 Å². The summed E-state index contributed by atoms with van der Waals surface area (Å²) in [4.78, 5) is 23.2. The molecule has 1 aromatic carbocycles. The molecular weight excluding hydrogens is 361 g/mol. The zero-order valence-electron chi connectivity index (χ0n) is 15.6. The second-order valence-electron chi connectivity index (χ2n) is 6.93. The SMILES string of the molecule is CCOC(=O)N1CCC2(CC1c1ccccn1)N=C(N)c1c(F)cccc1N2. The van der Waals surface area contributed by atoms with Crippen molar-refractivity contribution in [1.29, 1.82) is 0 Å². The Balaban J connectivity index is 1.70. The summed E-state index contributed by atoms with van der Waals surface area (Å²) in [5.74, 6) is -0.248. The number of nitrogens with one attached hydrogen (secondary N) is 1. The van der Waals surface area contributed by atoms with Crippen LogP contribution in [0.4, 0.5) is 14.9 Å². The Kier molecular flexibility index (Phi) is 4.62. The van der Waals surface area contributed by atoms with E-state index in [0.717, 1.165) is 5.69 Å². The normalized spacial score (nSPS) is 23.6. The molecule has 2 aromatic rings. The van der Waals surface area contributed by atoms with Gasteiger partial charge in [0, 0.05) is 31.3 Å². The number of aliphatic imine (C=N–C) groups is 1. The molecule has 28 heavy (non-hydrogen) atoms. The van der Waals surface area contributed by atoms with E-state index >= 15 is 0 Å². The van der Waals surface area contributed by atoms with Crippen LogP contribution in [0.5, 0.6) is 0 Å². The Morgan fingerprint density at radius 3 is 3.00 bits per heavy atom. The average molecular weight is 383 g/mol. The van der Waals surface area contributed by atoms with E-state index in [4.69, 9.17) is 10.5 Å². The van der Waals surface area contributed by atoms with Crippen LogP contribution in [0.25, 0.3) is 0 Å². The van der Waals surface area contributed by atoms with E-state index in [-0.39, 0.29) is 23.5 Å². The first-order chi connectivity index (χ1) is 13.5. The summed E-state index contributed by atoms with van der Waals surface area (Å²) in [6.07, 6.45) is 2.27. The molecule has 1 aromatic heterocycles. The minimum absolute atomic E-state index is 0.163. The highest BCUT2D eigenvalue weighted by molar-refractivity contribution is 6.04. The van der Waals surface area contributed by atoms with Gasteiger partial charge in [0.1, 0.15) is 17.3 Å². The quantitative estimate of drug-likeness (QED) is 0.831. The van der Waals surface area contributed by atoms with Crippen LogP contribution in [0.1, 0.15) is 37.1 Å². The molecule has 0 aliphatic carbocycles. The minimum Gasteiger partial charge on any atom is -0.450 e. The number of ether oxygens (including phenoxy) is 1. The maximum absolute atomic E-state index is 14.2. The van der Waals surface area contributed by atoms with Crippen molar-refractivity contribution < 1.29 is 13.9 Å². The van der Waals surface area contributed by atoms with Gasteiger partial charge < -0.3 is 15.8 Å². The van der Waals surface area contributed by atoms with Crippen molar-refractivity contribution in [3.8, 4) is 0 Å². The topological polar surface area (TPSA) is 92.8 Å². The van der Waals surface area contributed by atoms with Crippen LogP contribution in [0, 0.1) is 5.82 Å². The highest BCUT2D eigenvalue weighted by Gasteiger charge is 2.45. The van der Waals surface area contributed by atoms with E-state index < -0.39 is 11.5 Å². The smallest absolute Gasteiger partial charge is 0.410 e. The van der Waals surface area contributed by atoms with Crippen LogP contribution in [0.15, 0.2) is 47.6 Å². The third-order valence-corrected chi connectivity index (χ3v) is 5.18. The van der Waals surface area contributed by atoms with Crippen LogP contribution in [-0.2, 0) is 4.74 Å². The number of piperidine rings is 1. The number of amidine groups is 1. The van der Waals surface area contributed by atoms with Gasteiger partial charge in [-0.15, -0.1) is 0 Å². The monoisotopic (exact) mass is 383 g/mol. The fraction of sp³-hybridized carbons (Fsp3) is 0.350. The highest BCUT2D eigenvalue weighted by Crippen LogP contribution is 2.42. The second-order valence-corrected chi connectivity index (χ2v) is 6.93. The molecular formula is C20H22FN5O2. The summed E-state index contributed by atoms with van der Waals surface area (Å²) in [7, 11) is 0. The Hall–Kier alpha value is -3.16. The van der Waals surface area contributed by atoms with E-state index in [9.17, 15) is 9.18 Å². The Labute approximate surface area is 162 Å². The van der Waals surface area contributed by atoms with Gasteiger partial charge in [0.15, 0.2) is 0 Å². The maximum Gasteiger partial charge on any atom is 0.410 e. The molecule has 2 aliphatic rings. The summed E-state index contributed by atoms with van der Waals surface area (Å²) in [6, 6.07) is 10.0. The number of anilines is 1. The molecule has 1 amide bonds. The third kappa shape index (κ3) is 3.15. The largest absolute Gasteiger partial charge is 0.450 e. The predicted octanol–water partition coefficient (Wildman–Crippen LogP) is 3.04. The lowest BCUT2D eigenvalue weighted by atomic mass is 9.87. The zero-order chi connectivity index (χ0) is 19.7. The van der Waals surface area contributed by atoms with Gasteiger partial charge in [0.2, 0.25) is 0 Å². The number of likely N-dealkylation sites (tertiary alicyclic amines) is 1. The second kappa shape index (κ2) is 7.10. The third-order valence-electron chi connectivity index (χ3n) is 5.18. The number of aromatic nitrogens is 1. The average Bonchev–Trinajstić information content (AvgIpc) is 2.68. The number of amides is 1. The van der Waals surface area contributed by atoms with Crippen LogP contribution in [0.2, 0.25) is 0 Å². The molecule has 0 saturated carbocycles. The number of benzene rings is 1. The fourth-order valence-corrected chi connectivity index (χ4v) is 3.92. The predicted molar refractivity (Wildman–Crippen MR) is 103 cm³/mol. The first-order valence-electron chi connectivity index (χ1n) is 9.30. The van der Waals surface area contributed by atoms with Crippen LogP contribution < -0.4 is 11.1 Å². The molecule has 4 rings (SSSR count). The number of nitrogens with two attached hydrogens (primary N) is 1. The lowest BCUT2D eigenvalue weighted by Gasteiger charge is -2.46. The van der Waals surface area contributed by atoms with Crippen molar-refractivity contribution in [2.75, 3.05) is 18.5 Å². The number of pyridine rings is 1. The maximum atomic E-state index is 14.2. The number of hydrogen-bond donors (Lipinski definition) is 2. The lowest BCUT2D eigenvalue weighted by molar-refractivity contribution is 0.0612. The molecule has 146 valence electrons. The van der Waals surface area contributed by atoms with Crippen LogP contribution in [0.3, 0.4) is 0 Å². The Morgan fingerprint density at radius 2 is 2.25 bits per heavy atom. The molecule has 8 heteroatoms. The number of nitrogens with zero attached hydrogens (tertiary/aromatic N) is 3. The molecule has 0 radical (unpaired) electrons. The van der Waals surface area contributed by atoms with Crippen molar-refractivity contribution in [3.63, 3.8) is 0 Å². The van der Waals surface area contributed by atoms with Gasteiger partial charge in [-0.3, -0.25) is 9.88 Å². The lowest BCUT2D eigenvalue weighted by Crippen LogP contribution is -2.53. The van der Waals surface area contributed by atoms with Gasteiger partial charge in [0.25, 0.3) is 0 Å². The Morgan fingerprint density at radius 1 is 1.39 bits per heavy atom. The molecule has 1 fully saturated rings. The van der Waals surface area contributed by atoms with E-state index in [1.807, 2.05) is 18.2 Å². The van der Waals surface area contributed by atoms with Crippen LogP contribution in [-0.4, -0.2) is 40.6 Å². The van der Waals surface area contributed by atoms with Gasteiger partial charge in [-0.2, -0.15) is 0 Å². The molecule has 7 nitrogen and oxygen atoms in total. The van der Waals surface area contributed by atoms with Gasteiger partial charge in [0.05, 0.1) is 23.9 Å². The van der Waals surface area contributed by atoms with E-state index in [0.29, 0.717) is 31.7 Å². The fourth-order valence-electron chi connectivity index (χ4n) is 3.92. The van der Waals surface area contributed by atoms with Crippen LogP contribution >= 0.6 is 0 Å². The molecule has 3 N–H and O–H groups in total. The molecule has 2 aliphatic heterocycles. The molecule has 2 unspecified atom stereocenters. The molecule has 0 bridgehead atoms. The number of carbonyl (C=O) groups excluding carboxylic acids is 1. The van der Waals surface area contributed by atoms with Gasteiger partial charge >= 0.3 is 6.09 Å².